The molecule has 0 saturated heterocycles. The van der Waals surface area contributed by atoms with Gasteiger partial charge in [0.25, 0.3) is 6.43 Å². The highest BCUT2D eigenvalue weighted by atomic mass is 35.5. The minimum absolute atomic E-state index is 0.0926. The van der Waals surface area contributed by atoms with Gasteiger partial charge in [-0.15, -0.1) is 0 Å². The van der Waals surface area contributed by atoms with Gasteiger partial charge in [-0.25, -0.2) is 28.1 Å². The van der Waals surface area contributed by atoms with Crippen LogP contribution in [-0.4, -0.2) is 15.0 Å². The van der Waals surface area contributed by atoms with E-state index in [-0.39, 0.29) is 10.7 Å². The highest BCUT2D eigenvalue weighted by Gasteiger charge is 2.47. The molecular formula is C21H17ClF3N5. The van der Waals surface area contributed by atoms with Gasteiger partial charge in [0.15, 0.2) is 5.65 Å². The number of halogens is 4. The van der Waals surface area contributed by atoms with E-state index in [1.54, 1.807) is 19.9 Å². The summed E-state index contributed by atoms with van der Waals surface area (Å²) in [6.07, 6.45) is -1.53. The Labute approximate surface area is 175 Å². The van der Waals surface area contributed by atoms with Crippen molar-refractivity contribution in [2.24, 2.45) is 0 Å². The van der Waals surface area contributed by atoms with Gasteiger partial charge in [0, 0.05) is 11.1 Å². The summed E-state index contributed by atoms with van der Waals surface area (Å²) in [7, 11) is 0. The second-order valence-corrected chi connectivity index (χ2v) is 7.79. The Kier molecular flexibility index (Phi) is 5.02. The third kappa shape index (κ3) is 3.43. The predicted molar refractivity (Wildman–Crippen MR) is 107 cm³/mol. The van der Waals surface area contributed by atoms with Crippen molar-refractivity contribution in [1.82, 2.24) is 15.0 Å². The summed E-state index contributed by atoms with van der Waals surface area (Å²) in [6.45, 7) is 3.33. The second kappa shape index (κ2) is 7.40. The van der Waals surface area contributed by atoms with Crippen molar-refractivity contribution in [3.8, 4) is 6.07 Å². The second-order valence-electron chi connectivity index (χ2n) is 7.43. The molecule has 5 nitrogen and oxygen atoms in total. The molecule has 1 atom stereocenters. The molecule has 1 N–H and O–H groups in total. The number of benzene rings is 1. The molecule has 30 heavy (non-hydrogen) atoms. The van der Waals surface area contributed by atoms with Crippen LogP contribution >= 0.6 is 11.6 Å². The van der Waals surface area contributed by atoms with Crippen molar-refractivity contribution in [3.63, 3.8) is 0 Å². The molecule has 0 bridgehead atoms. The van der Waals surface area contributed by atoms with Crippen LogP contribution in [0.25, 0.3) is 11.0 Å². The van der Waals surface area contributed by atoms with Crippen LogP contribution < -0.4 is 5.32 Å². The van der Waals surface area contributed by atoms with E-state index in [9.17, 15) is 18.4 Å². The van der Waals surface area contributed by atoms with Gasteiger partial charge in [-0.2, -0.15) is 5.26 Å². The molecule has 0 aliphatic heterocycles. The Morgan fingerprint density at radius 1 is 1.20 bits per heavy atom. The van der Waals surface area contributed by atoms with Crippen LogP contribution in [-0.2, 0) is 5.41 Å². The number of aromatic nitrogens is 3. The fourth-order valence-corrected chi connectivity index (χ4v) is 3.82. The number of aryl methyl sites for hydroxylation is 1. The van der Waals surface area contributed by atoms with E-state index in [1.807, 2.05) is 0 Å². The normalized spacial score (nSPS) is 15.8. The largest absolute Gasteiger partial charge is 0.363 e. The molecule has 0 radical (unpaired) electrons. The van der Waals surface area contributed by atoms with E-state index in [4.69, 9.17) is 11.6 Å². The Bertz CT molecular complexity index is 1190. The molecule has 1 aromatic carbocycles. The molecule has 1 aliphatic rings. The third-order valence-corrected chi connectivity index (χ3v) is 5.63. The fourth-order valence-electron chi connectivity index (χ4n) is 3.51. The summed E-state index contributed by atoms with van der Waals surface area (Å²) in [5.41, 5.74) is -0.279. The summed E-state index contributed by atoms with van der Waals surface area (Å²) in [4.78, 5) is 13.0. The molecule has 2 heterocycles. The van der Waals surface area contributed by atoms with Gasteiger partial charge in [-0.3, -0.25) is 0 Å². The number of hydrogen-bond donors (Lipinski definition) is 1. The summed E-state index contributed by atoms with van der Waals surface area (Å²) < 4.78 is 40.7. The molecule has 2 aromatic heterocycles. The molecule has 4 rings (SSSR count). The smallest absolute Gasteiger partial charge is 0.266 e. The van der Waals surface area contributed by atoms with Crippen molar-refractivity contribution in [3.05, 3.63) is 57.8 Å². The first-order valence-electron chi connectivity index (χ1n) is 9.35. The number of nitrogens with zero attached hydrogens (tertiary/aromatic N) is 4. The van der Waals surface area contributed by atoms with E-state index in [0.29, 0.717) is 41.1 Å². The number of pyridine rings is 1. The number of alkyl halides is 2. The SMILES string of the molecule is Cc1nc(N[C@H](C)c2cccc(C(F)F)c2F)c2cc(C3(C#N)CC3)c(Cl)nc2n1. The fraction of sp³-hybridized carbons (Fsp3) is 0.333. The van der Waals surface area contributed by atoms with Gasteiger partial charge in [0.05, 0.1) is 28.5 Å². The molecular weight excluding hydrogens is 415 g/mol. The predicted octanol–water partition coefficient (Wildman–Crippen LogP) is 5.79. The quantitative estimate of drug-likeness (QED) is 0.517. The molecule has 1 aliphatic carbocycles. The van der Waals surface area contributed by atoms with Gasteiger partial charge in [-0.1, -0.05) is 29.8 Å². The number of nitriles is 1. The maximum atomic E-state index is 14.6. The van der Waals surface area contributed by atoms with Crippen molar-refractivity contribution in [2.75, 3.05) is 5.32 Å². The van der Waals surface area contributed by atoms with Gasteiger partial charge in [0.1, 0.15) is 22.6 Å². The lowest BCUT2D eigenvalue weighted by Gasteiger charge is -2.19. The molecule has 0 amide bonds. The number of hydrogen-bond acceptors (Lipinski definition) is 5. The average molecular weight is 432 g/mol. The zero-order chi connectivity index (χ0) is 21.6. The summed E-state index contributed by atoms with van der Waals surface area (Å²) in [6, 6.07) is 7.27. The summed E-state index contributed by atoms with van der Waals surface area (Å²) >= 11 is 6.32. The monoisotopic (exact) mass is 431 g/mol. The van der Waals surface area contributed by atoms with Crippen LogP contribution in [0.3, 0.4) is 0 Å². The Morgan fingerprint density at radius 3 is 2.53 bits per heavy atom. The zero-order valence-corrected chi connectivity index (χ0v) is 16.9. The molecule has 154 valence electrons. The lowest BCUT2D eigenvalue weighted by Crippen LogP contribution is -2.13. The van der Waals surface area contributed by atoms with Gasteiger partial charge in [0.2, 0.25) is 0 Å². The maximum absolute atomic E-state index is 14.6. The molecule has 1 saturated carbocycles. The number of fused-ring (bicyclic) bond motifs is 1. The number of rotatable bonds is 5. The Hall–Kier alpha value is -2.92. The van der Waals surface area contributed by atoms with Crippen LogP contribution in [0.2, 0.25) is 5.15 Å². The van der Waals surface area contributed by atoms with Crippen LogP contribution in [0.15, 0.2) is 24.3 Å². The van der Waals surface area contributed by atoms with Gasteiger partial charge < -0.3 is 5.32 Å². The van der Waals surface area contributed by atoms with E-state index in [0.717, 1.165) is 6.07 Å². The molecule has 1 fully saturated rings. The summed E-state index contributed by atoms with van der Waals surface area (Å²) in [5, 5.41) is 13.4. The van der Waals surface area contributed by atoms with Crippen LogP contribution in [0, 0.1) is 24.1 Å². The highest BCUT2D eigenvalue weighted by molar-refractivity contribution is 6.30. The topological polar surface area (TPSA) is 74.5 Å². The lowest BCUT2D eigenvalue weighted by atomic mass is 9.98. The van der Waals surface area contributed by atoms with Crippen molar-refractivity contribution >= 4 is 28.5 Å². The van der Waals surface area contributed by atoms with E-state index >= 15 is 0 Å². The molecule has 9 heteroatoms. The minimum Gasteiger partial charge on any atom is -0.363 e. The average Bonchev–Trinajstić information content (AvgIpc) is 3.48. The van der Waals surface area contributed by atoms with Gasteiger partial charge >= 0.3 is 0 Å². The lowest BCUT2D eigenvalue weighted by molar-refractivity contribution is 0.146. The zero-order valence-electron chi connectivity index (χ0n) is 16.2. The van der Waals surface area contributed by atoms with Crippen molar-refractivity contribution < 1.29 is 13.2 Å². The first kappa shape index (κ1) is 20.4. The molecule has 3 aromatic rings. The Morgan fingerprint density at radius 2 is 1.90 bits per heavy atom. The van der Waals surface area contributed by atoms with Crippen LogP contribution in [0.4, 0.5) is 19.0 Å². The maximum Gasteiger partial charge on any atom is 0.266 e. The van der Waals surface area contributed by atoms with Gasteiger partial charge in [-0.05, 0) is 32.8 Å². The highest BCUT2D eigenvalue weighted by Crippen LogP contribution is 2.50. The van der Waals surface area contributed by atoms with Crippen LogP contribution in [0.1, 0.15) is 54.7 Å². The van der Waals surface area contributed by atoms with Crippen LogP contribution in [0.5, 0.6) is 0 Å². The van der Waals surface area contributed by atoms with Crippen molar-refractivity contribution in [1.29, 1.82) is 5.26 Å². The standard InChI is InChI=1S/C21H17ClF3N5/c1-10(12-4-3-5-13(16(12)23)18(24)25)27-19-14-8-15(21(9-26)6-7-21)17(22)30-20(14)29-11(2)28-19/h3-5,8,10,18H,6-7H2,1-2H3,(H,27,28,29,30)/t10-/m1/s1. The van der Waals surface area contributed by atoms with E-state index in [1.165, 1.54) is 12.1 Å². The van der Waals surface area contributed by atoms with E-state index < -0.39 is 29.3 Å². The summed E-state index contributed by atoms with van der Waals surface area (Å²) in [5.74, 6) is -0.173. The first-order chi connectivity index (χ1) is 14.3. The minimum atomic E-state index is -2.91. The first-order valence-corrected chi connectivity index (χ1v) is 9.73. The third-order valence-electron chi connectivity index (χ3n) is 5.35. The van der Waals surface area contributed by atoms with E-state index in [2.05, 4.69) is 26.3 Å². The Balaban J connectivity index is 1.78. The molecule has 0 spiro atoms. The number of nitrogens with one attached hydrogen (secondary N) is 1. The number of anilines is 1. The van der Waals surface area contributed by atoms with Crippen molar-refractivity contribution in [2.45, 2.75) is 44.6 Å². The molecule has 0 unspecified atom stereocenters.